The molecule has 0 aliphatic heterocycles. The molecule has 0 unspecified atom stereocenters. The number of methoxy groups -OCH3 is 1. The summed E-state index contributed by atoms with van der Waals surface area (Å²) in [4.78, 5) is 13.8. The minimum atomic E-state index is -0.374. The number of hydrogen-bond acceptors (Lipinski definition) is 4. The predicted molar refractivity (Wildman–Crippen MR) is 97.9 cm³/mol. The van der Waals surface area contributed by atoms with E-state index < -0.39 is 0 Å². The zero-order chi connectivity index (χ0) is 17.4. The molecule has 124 valence electrons. The van der Waals surface area contributed by atoms with Crippen molar-refractivity contribution in [2.45, 2.75) is 6.42 Å². The van der Waals surface area contributed by atoms with Gasteiger partial charge in [-0.2, -0.15) is 5.26 Å². The van der Waals surface area contributed by atoms with Gasteiger partial charge in [0.2, 0.25) is 0 Å². The molecule has 0 bridgehead atoms. The number of benzene rings is 1. The van der Waals surface area contributed by atoms with Crippen LogP contribution in [0.2, 0.25) is 5.02 Å². The first-order valence-corrected chi connectivity index (χ1v) is 8.59. The number of rotatable bonds is 7. The van der Waals surface area contributed by atoms with Gasteiger partial charge in [0.1, 0.15) is 11.6 Å². The number of amides is 1. The van der Waals surface area contributed by atoms with Crippen LogP contribution in [0.25, 0.3) is 16.5 Å². The van der Waals surface area contributed by atoms with Crippen molar-refractivity contribution in [1.82, 2.24) is 5.32 Å². The van der Waals surface area contributed by atoms with Crippen molar-refractivity contribution >= 4 is 34.9 Å². The van der Waals surface area contributed by atoms with E-state index in [1.807, 2.05) is 42.5 Å². The summed E-state index contributed by atoms with van der Waals surface area (Å²) in [6, 6.07) is 13.3. The molecule has 1 amide bonds. The highest BCUT2D eigenvalue weighted by atomic mass is 35.5. The van der Waals surface area contributed by atoms with Gasteiger partial charge in [-0.1, -0.05) is 29.8 Å². The Balaban J connectivity index is 2.11. The van der Waals surface area contributed by atoms with Gasteiger partial charge < -0.3 is 10.1 Å². The molecule has 1 aromatic heterocycles. The first-order chi connectivity index (χ1) is 11.7. The minimum Gasteiger partial charge on any atom is -0.385 e. The number of nitrogens with one attached hydrogen (secondary N) is 1. The lowest BCUT2D eigenvalue weighted by atomic mass is 10.2. The van der Waals surface area contributed by atoms with Crippen molar-refractivity contribution in [2.24, 2.45) is 0 Å². The van der Waals surface area contributed by atoms with Crippen LogP contribution in [0, 0.1) is 11.3 Å². The summed E-state index contributed by atoms with van der Waals surface area (Å²) in [5, 5.41) is 12.6. The van der Waals surface area contributed by atoms with Gasteiger partial charge in [0.15, 0.2) is 0 Å². The third kappa shape index (κ3) is 4.93. The van der Waals surface area contributed by atoms with E-state index in [0.29, 0.717) is 24.6 Å². The van der Waals surface area contributed by atoms with E-state index in [0.717, 1.165) is 15.3 Å². The van der Waals surface area contributed by atoms with E-state index in [9.17, 15) is 10.1 Å². The Kier molecular flexibility index (Phi) is 7.01. The number of nitrogens with zero attached hydrogens (tertiary/aromatic N) is 1. The van der Waals surface area contributed by atoms with Crippen LogP contribution < -0.4 is 5.32 Å². The monoisotopic (exact) mass is 360 g/mol. The number of carbonyl (C=O) groups is 1. The van der Waals surface area contributed by atoms with Crippen LogP contribution in [0.4, 0.5) is 0 Å². The number of thiophene rings is 1. The molecule has 0 aliphatic carbocycles. The highest BCUT2D eigenvalue weighted by Gasteiger charge is 2.10. The summed E-state index contributed by atoms with van der Waals surface area (Å²) in [7, 11) is 1.61. The van der Waals surface area contributed by atoms with E-state index in [4.69, 9.17) is 16.3 Å². The van der Waals surface area contributed by atoms with Crippen molar-refractivity contribution in [3.63, 3.8) is 0 Å². The van der Waals surface area contributed by atoms with E-state index in [-0.39, 0.29) is 11.5 Å². The Hall–Kier alpha value is -2.13. The van der Waals surface area contributed by atoms with Gasteiger partial charge >= 0.3 is 0 Å². The standard InChI is InChI=1S/C18H17ClN2O2S/c1-23-10-4-9-21-18(22)13(12-20)11-14-7-8-17(24-14)15-5-2-3-6-16(15)19/h2-3,5-8,11H,4,9-10H2,1H3,(H,21,22). The molecule has 2 rings (SSSR count). The SMILES string of the molecule is COCCCNC(=O)C(C#N)=Cc1ccc(-c2ccccc2Cl)s1. The van der Waals surface area contributed by atoms with E-state index in [1.54, 1.807) is 13.2 Å². The average Bonchev–Trinajstić information content (AvgIpc) is 3.05. The molecule has 4 nitrogen and oxygen atoms in total. The molecule has 1 N–H and O–H groups in total. The summed E-state index contributed by atoms with van der Waals surface area (Å²) in [6.45, 7) is 1.04. The van der Waals surface area contributed by atoms with Gasteiger partial charge in [-0.05, 0) is 30.7 Å². The zero-order valence-electron chi connectivity index (χ0n) is 13.2. The highest BCUT2D eigenvalue weighted by Crippen LogP contribution is 2.33. The zero-order valence-corrected chi connectivity index (χ0v) is 14.8. The summed E-state index contributed by atoms with van der Waals surface area (Å²) < 4.78 is 4.92. The van der Waals surface area contributed by atoms with Crippen LogP contribution in [0.1, 0.15) is 11.3 Å². The first kappa shape index (κ1) is 18.2. The second-order valence-corrected chi connectivity index (χ2v) is 6.48. The normalized spacial score (nSPS) is 11.1. The van der Waals surface area contributed by atoms with Gasteiger partial charge in [0.05, 0.1) is 0 Å². The largest absolute Gasteiger partial charge is 0.385 e. The fraction of sp³-hybridized carbons (Fsp3) is 0.222. The van der Waals surface area contributed by atoms with E-state index in [1.165, 1.54) is 11.3 Å². The second-order valence-electron chi connectivity index (χ2n) is 4.95. The lowest BCUT2D eigenvalue weighted by Crippen LogP contribution is -2.26. The molecule has 0 aliphatic rings. The third-order valence-corrected chi connectivity index (χ3v) is 4.62. The smallest absolute Gasteiger partial charge is 0.261 e. The number of carbonyl (C=O) groups excluding carboxylic acids is 1. The van der Waals surface area contributed by atoms with E-state index in [2.05, 4.69) is 5.32 Å². The first-order valence-electron chi connectivity index (χ1n) is 7.39. The molecule has 24 heavy (non-hydrogen) atoms. The Morgan fingerprint density at radius 2 is 2.17 bits per heavy atom. The van der Waals surface area contributed by atoms with Crippen LogP contribution >= 0.6 is 22.9 Å². The summed E-state index contributed by atoms with van der Waals surface area (Å²) in [5.74, 6) is -0.374. The highest BCUT2D eigenvalue weighted by molar-refractivity contribution is 7.16. The molecule has 0 radical (unpaired) electrons. The molecule has 2 aromatic rings. The average molecular weight is 361 g/mol. The van der Waals surface area contributed by atoms with Crippen molar-refractivity contribution in [2.75, 3.05) is 20.3 Å². The second kappa shape index (κ2) is 9.24. The third-order valence-electron chi connectivity index (χ3n) is 3.23. The molecule has 0 atom stereocenters. The fourth-order valence-electron chi connectivity index (χ4n) is 2.04. The number of ether oxygens (including phenoxy) is 1. The van der Waals surface area contributed by atoms with Gasteiger partial charge in [0, 0.05) is 40.6 Å². The lowest BCUT2D eigenvalue weighted by Gasteiger charge is -2.03. The van der Waals surface area contributed by atoms with Gasteiger partial charge in [0.25, 0.3) is 5.91 Å². The van der Waals surface area contributed by atoms with Crippen molar-refractivity contribution in [3.05, 3.63) is 51.9 Å². The predicted octanol–water partition coefficient (Wildman–Crippen LogP) is 4.13. The van der Waals surface area contributed by atoms with Crippen molar-refractivity contribution in [3.8, 4) is 16.5 Å². The quantitative estimate of drug-likeness (QED) is 0.458. The molecule has 1 aromatic carbocycles. The van der Waals surface area contributed by atoms with Gasteiger partial charge in [-0.3, -0.25) is 4.79 Å². The molecule has 6 heteroatoms. The molecule has 0 saturated heterocycles. The topological polar surface area (TPSA) is 62.1 Å². The van der Waals surface area contributed by atoms with Gasteiger partial charge in [-0.15, -0.1) is 11.3 Å². The minimum absolute atomic E-state index is 0.0833. The van der Waals surface area contributed by atoms with Crippen LogP contribution in [-0.2, 0) is 9.53 Å². The van der Waals surface area contributed by atoms with Crippen LogP contribution in [0.5, 0.6) is 0 Å². The fourth-order valence-corrected chi connectivity index (χ4v) is 3.33. The van der Waals surface area contributed by atoms with Gasteiger partial charge in [-0.25, -0.2) is 0 Å². The lowest BCUT2D eigenvalue weighted by molar-refractivity contribution is -0.117. The van der Waals surface area contributed by atoms with Crippen molar-refractivity contribution < 1.29 is 9.53 Å². The molecular weight excluding hydrogens is 344 g/mol. The van der Waals surface area contributed by atoms with Crippen LogP contribution in [-0.4, -0.2) is 26.2 Å². The Labute approximate surface area is 150 Å². The Morgan fingerprint density at radius 3 is 2.88 bits per heavy atom. The maximum absolute atomic E-state index is 12.0. The summed E-state index contributed by atoms with van der Waals surface area (Å²) in [6.07, 6.45) is 2.30. The summed E-state index contributed by atoms with van der Waals surface area (Å²) in [5.41, 5.74) is 1.02. The van der Waals surface area contributed by atoms with Crippen molar-refractivity contribution in [1.29, 1.82) is 5.26 Å². The Morgan fingerprint density at radius 1 is 1.38 bits per heavy atom. The number of halogens is 1. The molecule has 0 saturated carbocycles. The van der Waals surface area contributed by atoms with Crippen LogP contribution in [0.15, 0.2) is 42.0 Å². The number of hydrogen-bond donors (Lipinski definition) is 1. The maximum Gasteiger partial charge on any atom is 0.261 e. The molecular formula is C18H17ClN2O2S. The van der Waals surface area contributed by atoms with Crippen LogP contribution in [0.3, 0.4) is 0 Å². The summed E-state index contributed by atoms with van der Waals surface area (Å²) >= 11 is 7.68. The number of nitriles is 1. The van der Waals surface area contributed by atoms with E-state index >= 15 is 0 Å². The molecule has 1 heterocycles. The molecule has 0 spiro atoms. The Bertz CT molecular complexity index is 777. The maximum atomic E-state index is 12.0. The molecule has 0 fully saturated rings.